The van der Waals surface area contributed by atoms with E-state index in [-0.39, 0.29) is 30.0 Å². The highest BCUT2D eigenvalue weighted by Crippen LogP contribution is 2.31. The largest absolute Gasteiger partial charge is 0.497 e. The van der Waals surface area contributed by atoms with Gasteiger partial charge in [-0.05, 0) is 40.6 Å². The summed E-state index contributed by atoms with van der Waals surface area (Å²) in [6.45, 7) is 1.21. The minimum absolute atomic E-state index is 0. The maximum atomic E-state index is 6.14. The average molecular weight is 489 g/mol. The molecule has 0 amide bonds. The van der Waals surface area contributed by atoms with Crippen molar-refractivity contribution < 1.29 is 9.47 Å². The molecule has 146 valence electrons. The SMILES string of the molecule is COc1ccc2cc(CN=C(N)NC3CCOc4ccccc43)ccc2c1.I. The van der Waals surface area contributed by atoms with Gasteiger partial charge in [-0.25, -0.2) is 4.99 Å². The molecule has 28 heavy (non-hydrogen) atoms. The van der Waals surface area contributed by atoms with Crippen LogP contribution in [0.2, 0.25) is 0 Å². The van der Waals surface area contributed by atoms with Crippen LogP contribution in [0.15, 0.2) is 65.7 Å². The Balaban J connectivity index is 0.00000225. The first-order valence-electron chi connectivity index (χ1n) is 9.08. The summed E-state index contributed by atoms with van der Waals surface area (Å²) in [4.78, 5) is 4.52. The normalized spacial score (nSPS) is 15.9. The van der Waals surface area contributed by atoms with E-state index in [0.717, 1.165) is 39.8 Å². The van der Waals surface area contributed by atoms with Gasteiger partial charge < -0.3 is 20.5 Å². The number of guanidine groups is 1. The Bertz CT molecular complexity index is 990. The number of hydrogen-bond acceptors (Lipinski definition) is 3. The van der Waals surface area contributed by atoms with Crippen LogP contribution in [0.25, 0.3) is 10.8 Å². The highest BCUT2D eigenvalue weighted by molar-refractivity contribution is 14.0. The number of ether oxygens (including phenoxy) is 2. The van der Waals surface area contributed by atoms with Gasteiger partial charge in [-0.15, -0.1) is 24.0 Å². The summed E-state index contributed by atoms with van der Waals surface area (Å²) in [5, 5.41) is 5.63. The molecule has 0 saturated carbocycles. The van der Waals surface area contributed by atoms with Gasteiger partial charge in [0, 0.05) is 12.0 Å². The third kappa shape index (κ3) is 4.49. The van der Waals surface area contributed by atoms with Crippen LogP contribution in [-0.2, 0) is 6.54 Å². The smallest absolute Gasteiger partial charge is 0.189 e. The summed E-state index contributed by atoms with van der Waals surface area (Å²) in [5.41, 5.74) is 8.38. The molecule has 0 radical (unpaired) electrons. The summed E-state index contributed by atoms with van der Waals surface area (Å²) in [5.74, 6) is 2.23. The van der Waals surface area contributed by atoms with Gasteiger partial charge >= 0.3 is 0 Å². The van der Waals surface area contributed by atoms with Crippen LogP contribution < -0.4 is 20.5 Å². The molecule has 5 nitrogen and oxygen atoms in total. The van der Waals surface area contributed by atoms with Crippen molar-refractivity contribution in [2.75, 3.05) is 13.7 Å². The first kappa shape index (κ1) is 20.3. The second kappa shape index (κ2) is 9.14. The van der Waals surface area contributed by atoms with Crippen molar-refractivity contribution in [3.63, 3.8) is 0 Å². The van der Waals surface area contributed by atoms with Crippen molar-refractivity contribution in [3.8, 4) is 11.5 Å². The maximum Gasteiger partial charge on any atom is 0.189 e. The van der Waals surface area contributed by atoms with E-state index in [1.54, 1.807) is 7.11 Å². The predicted molar refractivity (Wildman–Crippen MR) is 124 cm³/mol. The van der Waals surface area contributed by atoms with E-state index in [9.17, 15) is 0 Å². The number of nitrogens with two attached hydrogens (primary N) is 1. The summed E-state index contributed by atoms with van der Waals surface area (Å²) in [6.07, 6.45) is 0.866. The number of para-hydroxylation sites is 1. The number of rotatable bonds is 4. The Hall–Kier alpha value is -2.48. The Kier molecular flexibility index (Phi) is 6.61. The van der Waals surface area contributed by atoms with Crippen LogP contribution in [0.1, 0.15) is 23.6 Å². The summed E-state index contributed by atoms with van der Waals surface area (Å²) >= 11 is 0. The molecule has 1 aliphatic heterocycles. The molecule has 0 bridgehead atoms. The molecule has 0 aromatic heterocycles. The predicted octanol–water partition coefficient (Wildman–Crippen LogP) is 4.39. The highest BCUT2D eigenvalue weighted by atomic mass is 127. The number of halogens is 1. The van der Waals surface area contributed by atoms with Gasteiger partial charge in [0.2, 0.25) is 0 Å². The van der Waals surface area contributed by atoms with Gasteiger partial charge in [-0.3, -0.25) is 0 Å². The quantitative estimate of drug-likeness (QED) is 0.324. The molecule has 1 aliphatic rings. The summed E-state index contributed by atoms with van der Waals surface area (Å²) in [7, 11) is 1.68. The molecule has 3 aromatic carbocycles. The molecule has 3 N–H and O–H groups in total. The van der Waals surface area contributed by atoms with Crippen molar-refractivity contribution >= 4 is 40.7 Å². The van der Waals surface area contributed by atoms with Crippen LogP contribution >= 0.6 is 24.0 Å². The van der Waals surface area contributed by atoms with Gasteiger partial charge in [0.05, 0.1) is 26.3 Å². The van der Waals surface area contributed by atoms with Crippen molar-refractivity contribution in [2.24, 2.45) is 10.7 Å². The second-order valence-electron chi connectivity index (χ2n) is 6.62. The minimum atomic E-state index is 0. The van der Waals surface area contributed by atoms with E-state index in [2.05, 4.69) is 40.6 Å². The second-order valence-corrected chi connectivity index (χ2v) is 6.62. The average Bonchev–Trinajstić information content (AvgIpc) is 2.72. The van der Waals surface area contributed by atoms with Gasteiger partial charge in [0.1, 0.15) is 11.5 Å². The molecule has 4 rings (SSSR count). The molecule has 1 atom stereocenters. The fourth-order valence-corrected chi connectivity index (χ4v) is 3.39. The first-order chi connectivity index (χ1) is 13.2. The first-order valence-corrected chi connectivity index (χ1v) is 9.08. The minimum Gasteiger partial charge on any atom is -0.497 e. The molecule has 0 fully saturated rings. The highest BCUT2D eigenvalue weighted by Gasteiger charge is 2.21. The van der Waals surface area contributed by atoms with E-state index < -0.39 is 0 Å². The Labute approximate surface area is 182 Å². The number of nitrogens with zero attached hydrogens (tertiary/aromatic N) is 1. The van der Waals surface area contributed by atoms with E-state index in [0.29, 0.717) is 19.1 Å². The zero-order chi connectivity index (χ0) is 18.6. The zero-order valence-corrected chi connectivity index (χ0v) is 18.1. The lowest BCUT2D eigenvalue weighted by atomic mass is 10.0. The maximum absolute atomic E-state index is 6.14. The van der Waals surface area contributed by atoms with E-state index >= 15 is 0 Å². The van der Waals surface area contributed by atoms with Crippen molar-refractivity contribution in [2.45, 2.75) is 19.0 Å². The standard InChI is InChI=1S/C22H23N3O2.HI/c1-26-18-9-8-16-12-15(6-7-17(16)13-18)14-24-22(23)25-20-10-11-27-21-5-3-2-4-19(20)21;/h2-9,12-13,20H,10-11,14H2,1H3,(H3,23,24,25);1H. The lowest BCUT2D eigenvalue weighted by molar-refractivity contribution is 0.262. The summed E-state index contributed by atoms with van der Waals surface area (Å²) < 4.78 is 11.0. The van der Waals surface area contributed by atoms with Crippen LogP contribution in [0, 0.1) is 0 Å². The van der Waals surface area contributed by atoms with Gasteiger partial charge in [-0.1, -0.05) is 36.4 Å². The number of benzene rings is 3. The monoisotopic (exact) mass is 489 g/mol. The van der Waals surface area contributed by atoms with Gasteiger partial charge in [-0.2, -0.15) is 0 Å². The fourth-order valence-electron chi connectivity index (χ4n) is 3.39. The van der Waals surface area contributed by atoms with Gasteiger partial charge in [0.15, 0.2) is 5.96 Å². The molecule has 6 heteroatoms. The number of aliphatic imine (C=N–C) groups is 1. The topological polar surface area (TPSA) is 68.9 Å². The van der Waals surface area contributed by atoms with Crippen molar-refractivity contribution in [3.05, 3.63) is 71.8 Å². The lowest BCUT2D eigenvalue weighted by Crippen LogP contribution is -2.37. The molecule has 0 spiro atoms. The molecule has 1 unspecified atom stereocenters. The third-order valence-corrected chi connectivity index (χ3v) is 4.82. The molecule has 3 aromatic rings. The van der Waals surface area contributed by atoms with Crippen molar-refractivity contribution in [1.82, 2.24) is 5.32 Å². The molecular weight excluding hydrogens is 465 g/mol. The molecule has 1 heterocycles. The lowest BCUT2D eigenvalue weighted by Gasteiger charge is -2.26. The zero-order valence-electron chi connectivity index (χ0n) is 15.7. The van der Waals surface area contributed by atoms with Crippen LogP contribution in [-0.4, -0.2) is 19.7 Å². The van der Waals surface area contributed by atoms with Crippen LogP contribution in [0.3, 0.4) is 0 Å². The number of methoxy groups -OCH3 is 1. The van der Waals surface area contributed by atoms with Gasteiger partial charge in [0.25, 0.3) is 0 Å². The van der Waals surface area contributed by atoms with Crippen LogP contribution in [0.4, 0.5) is 0 Å². The Morgan fingerprint density at radius 2 is 1.93 bits per heavy atom. The third-order valence-electron chi connectivity index (χ3n) is 4.82. The van der Waals surface area contributed by atoms with Crippen LogP contribution in [0.5, 0.6) is 11.5 Å². The summed E-state index contributed by atoms with van der Waals surface area (Å²) in [6, 6.07) is 20.5. The Morgan fingerprint density at radius 1 is 1.14 bits per heavy atom. The molecule has 0 saturated heterocycles. The van der Waals surface area contributed by atoms with E-state index in [1.807, 2.05) is 30.3 Å². The Morgan fingerprint density at radius 3 is 2.79 bits per heavy atom. The fraction of sp³-hybridized carbons (Fsp3) is 0.227. The van der Waals surface area contributed by atoms with E-state index in [1.165, 1.54) is 0 Å². The number of hydrogen-bond donors (Lipinski definition) is 2. The number of nitrogens with one attached hydrogen (secondary N) is 1. The number of fused-ring (bicyclic) bond motifs is 2. The molecular formula is C22H24IN3O2. The van der Waals surface area contributed by atoms with Crippen molar-refractivity contribution in [1.29, 1.82) is 0 Å². The molecule has 0 aliphatic carbocycles. The van der Waals surface area contributed by atoms with E-state index in [4.69, 9.17) is 15.2 Å².